The Morgan fingerprint density at radius 3 is 2.35 bits per heavy atom. The third-order valence-corrected chi connectivity index (χ3v) is 3.22. The van der Waals surface area contributed by atoms with Gasteiger partial charge in [-0.15, -0.1) is 0 Å². The van der Waals surface area contributed by atoms with E-state index in [-0.39, 0.29) is 0 Å². The summed E-state index contributed by atoms with van der Waals surface area (Å²) in [6.07, 6.45) is 0. The summed E-state index contributed by atoms with van der Waals surface area (Å²) in [6.45, 7) is 14.1. The Morgan fingerprint density at radius 2 is 1.90 bits per heavy atom. The lowest BCUT2D eigenvalue weighted by atomic mass is 10.2. The molecule has 2 N–H and O–H groups in total. The molecule has 0 fully saturated rings. The average molecular weight is 291 g/mol. The Morgan fingerprint density at radius 1 is 1.30 bits per heavy atom. The van der Waals surface area contributed by atoms with Crippen LogP contribution in [0.2, 0.25) is 0 Å². The molecule has 0 aliphatic rings. The standard InChI is InChI=1S/C16H25N3S/c1-6-19(13(4)5)15-9-7-14(8-10-15)18-16(20)17-11-12(2)3/h7-10,13H,2,6,11H2,1,3-5H3,(H2,17,18,20). The second kappa shape index (κ2) is 7.90. The molecule has 0 aliphatic heterocycles. The van der Waals surface area contributed by atoms with Crippen LogP contribution < -0.4 is 15.5 Å². The van der Waals surface area contributed by atoms with Crippen LogP contribution in [0.3, 0.4) is 0 Å². The van der Waals surface area contributed by atoms with Gasteiger partial charge in [-0.05, 0) is 64.2 Å². The lowest BCUT2D eigenvalue weighted by molar-refractivity contribution is 0.704. The molecule has 0 bridgehead atoms. The van der Waals surface area contributed by atoms with Gasteiger partial charge < -0.3 is 15.5 Å². The molecule has 110 valence electrons. The summed E-state index contributed by atoms with van der Waals surface area (Å²) in [6, 6.07) is 8.84. The lowest BCUT2D eigenvalue weighted by Crippen LogP contribution is -2.30. The minimum absolute atomic E-state index is 0.497. The largest absolute Gasteiger partial charge is 0.369 e. The highest BCUT2D eigenvalue weighted by molar-refractivity contribution is 7.80. The van der Waals surface area contributed by atoms with Crippen LogP contribution in [-0.2, 0) is 0 Å². The van der Waals surface area contributed by atoms with E-state index >= 15 is 0 Å². The van der Waals surface area contributed by atoms with Crippen LogP contribution in [0.1, 0.15) is 27.7 Å². The van der Waals surface area contributed by atoms with Gasteiger partial charge in [-0.1, -0.05) is 12.2 Å². The lowest BCUT2D eigenvalue weighted by Gasteiger charge is -2.27. The van der Waals surface area contributed by atoms with Crippen molar-refractivity contribution in [2.75, 3.05) is 23.3 Å². The van der Waals surface area contributed by atoms with Crippen molar-refractivity contribution in [1.82, 2.24) is 5.32 Å². The van der Waals surface area contributed by atoms with Gasteiger partial charge in [0.1, 0.15) is 0 Å². The first-order chi connectivity index (χ1) is 9.43. The number of hydrogen-bond acceptors (Lipinski definition) is 2. The van der Waals surface area contributed by atoms with Crippen molar-refractivity contribution in [2.45, 2.75) is 33.7 Å². The van der Waals surface area contributed by atoms with Crippen LogP contribution in [0.4, 0.5) is 11.4 Å². The number of thiocarbonyl (C=S) groups is 1. The topological polar surface area (TPSA) is 27.3 Å². The number of hydrogen-bond donors (Lipinski definition) is 2. The molecule has 0 radical (unpaired) electrons. The van der Waals surface area contributed by atoms with Gasteiger partial charge in [0.15, 0.2) is 5.11 Å². The van der Waals surface area contributed by atoms with Gasteiger partial charge in [-0.2, -0.15) is 0 Å². The summed E-state index contributed by atoms with van der Waals surface area (Å²) in [7, 11) is 0. The van der Waals surface area contributed by atoms with Crippen LogP contribution in [-0.4, -0.2) is 24.2 Å². The van der Waals surface area contributed by atoms with Crippen molar-refractivity contribution < 1.29 is 0 Å². The van der Waals surface area contributed by atoms with E-state index in [1.807, 2.05) is 6.92 Å². The van der Waals surface area contributed by atoms with Gasteiger partial charge in [-0.25, -0.2) is 0 Å². The monoisotopic (exact) mass is 291 g/mol. The Kier molecular flexibility index (Phi) is 6.52. The maximum Gasteiger partial charge on any atom is 0.171 e. The minimum atomic E-state index is 0.497. The number of nitrogens with zero attached hydrogens (tertiary/aromatic N) is 1. The molecular weight excluding hydrogens is 266 g/mol. The zero-order chi connectivity index (χ0) is 15.1. The van der Waals surface area contributed by atoms with E-state index in [2.05, 4.69) is 67.1 Å². The molecular formula is C16H25N3S. The minimum Gasteiger partial charge on any atom is -0.369 e. The van der Waals surface area contributed by atoms with Crippen molar-refractivity contribution in [3.63, 3.8) is 0 Å². The SMILES string of the molecule is C=C(C)CNC(=S)Nc1ccc(N(CC)C(C)C)cc1. The molecule has 1 aromatic rings. The van der Waals surface area contributed by atoms with Crippen LogP contribution in [0.25, 0.3) is 0 Å². The van der Waals surface area contributed by atoms with Crippen molar-refractivity contribution in [1.29, 1.82) is 0 Å². The summed E-state index contributed by atoms with van der Waals surface area (Å²) in [5, 5.41) is 6.90. The Bertz CT molecular complexity index is 451. The van der Waals surface area contributed by atoms with E-state index in [0.717, 1.165) is 17.8 Å². The number of anilines is 2. The summed E-state index contributed by atoms with van der Waals surface area (Å²) < 4.78 is 0. The molecule has 0 aromatic heterocycles. The fourth-order valence-corrected chi connectivity index (χ4v) is 2.18. The predicted octanol–water partition coefficient (Wildman–Crippen LogP) is 3.78. The molecule has 4 heteroatoms. The molecule has 0 heterocycles. The summed E-state index contributed by atoms with van der Waals surface area (Å²) in [4.78, 5) is 2.35. The third-order valence-electron chi connectivity index (χ3n) is 2.97. The van der Waals surface area contributed by atoms with Crippen LogP contribution in [0.15, 0.2) is 36.4 Å². The highest BCUT2D eigenvalue weighted by Crippen LogP contribution is 2.19. The predicted molar refractivity (Wildman–Crippen MR) is 93.6 cm³/mol. The zero-order valence-electron chi connectivity index (χ0n) is 12.9. The molecule has 0 amide bonds. The van der Waals surface area contributed by atoms with Crippen LogP contribution in [0.5, 0.6) is 0 Å². The second-order valence-corrected chi connectivity index (χ2v) is 5.60. The maximum atomic E-state index is 5.23. The van der Waals surface area contributed by atoms with Crippen LogP contribution >= 0.6 is 12.2 Å². The van der Waals surface area contributed by atoms with E-state index < -0.39 is 0 Å². The van der Waals surface area contributed by atoms with Gasteiger partial charge in [0, 0.05) is 30.5 Å². The van der Waals surface area contributed by atoms with Gasteiger partial charge in [0.2, 0.25) is 0 Å². The number of rotatable bonds is 6. The molecule has 1 rings (SSSR count). The number of benzene rings is 1. The fourth-order valence-electron chi connectivity index (χ4n) is 1.99. The Balaban J connectivity index is 2.62. The Hall–Kier alpha value is -1.55. The summed E-state index contributed by atoms with van der Waals surface area (Å²) in [5.74, 6) is 0. The Labute approximate surface area is 128 Å². The molecule has 3 nitrogen and oxygen atoms in total. The molecule has 0 aliphatic carbocycles. The highest BCUT2D eigenvalue weighted by atomic mass is 32.1. The van der Waals surface area contributed by atoms with Gasteiger partial charge in [0.25, 0.3) is 0 Å². The van der Waals surface area contributed by atoms with Crippen molar-refractivity contribution in [3.8, 4) is 0 Å². The smallest absolute Gasteiger partial charge is 0.171 e. The third kappa shape index (κ3) is 5.21. The van der Waals surface area contributed by atoms with E-state index in [9.17, 15) is 0 Å². The van der Waals surface area contributed by atoms with E-state index in [1.165, 1.54) is 5.69 Å². The van der Waals surface area contributed by atoms with E-state index in [4.69, 9.17) is 12.2 Å². The molecule has 1 aromatic carbocycles. The van der Waals surface area contributed by atoms with Crippen molar-refractivity contribution in [2.24, 2.45) is 0 Å². The first kappa shape index (κ1) is 16.5. The van der Waals surface area contributed by atoms with E-state index in [0.29, 0.717) is 17.7 Å². The normalized spacial score (nSPS) is 10.2. The van der Waals surface area contributed by atoms with Gasteiger partial charge >= 0.3 is 0 Å². The molecule has 0 unspecified atom stereocenters. The summed E-state index contributed by atoms with van der Waals surface area (Å²) >= 11 is 5.23. The number of nitrogens with one attached hydrogen (secondary N) is 2. The first-order valence-corrected chi connectivity index (χ1v) is 7.40. The average Bonchev–Trinajstić information content (AvgIpc) is 2.39. The van der Waals surface area contributed by atoms with E-state index in [1.54, 1.807) is 0 Å². The van der Waals surface area contributed by atoms with Crippen molar-refractivity contribution in [3.05, 3.63) is 36.4 Å². The molecule has 0 saturated carbocycles. The van der Waals surface area contributed by atoms with Gasteiger partial charge in [0.05, 0.1) is 0 Å². The molecule has 0 saturated heterocycles. The molecule has 0 spiro atoms. The van der Waals surface area contributed by atoms with Crippen molar-refractivity contribution >= 4 is 28.7 Å². The molecule has 0 atom stereocenters. The second-order valence-electron chi connectivity index (χ2n) is 5.19. The van der Waals surface area contributed by atoms with Gasteiger partial charge in [-0.3, -0.25) is 0 Å². The zero-order valence-corrected chi connectivity index (χ0v) is 13.7. The quantitative estimate of drug-likeness (QED) is 0.616. The maximum absolute atomic E-state index is 5.23. The molecule has 20 heavy (non-hydrogen) atoms. The first-order valence-electron chi connectivity index (χ1n) is 7.00. The highest BCUT2D eigenvalue weighted by Gasteiger charge is 2.07. The van der Waals surface area contributed by atoms with Crippen LogP contribution in [0, 0.1) is 0 Å². The summed E-state index contributed by atoms with van der Waals surface area (Å²) in [5.41, 5.74) is 3.28. The fraction of sp³-hybridized carbons (Fsp3) is 0.438.